The van der Waals surface area contributed by atoms with Crippen molar-refractivity contribution in [1.29, 1.82) is 0 Å². The van der Waals surface area contributed by atoms with Crippen LogP contribution >= 0.6 is 0 Å². The first-order valence-electron chi connectivity index (χ1n) is 12.2. The number of aromatic nitrogens is 2. The Balaban J connectivity index is 1.53. The Morgan fingerprint density at radius 1 is 1.08 bits per heavy atom. The highest BCUT2D eigenvalue weighted by Crippen LogP contribution is 2.56. The van der Waals surface area contributed by atoms with Gasteiger partial charge in [0, 0.05) is 43.3 Å². The van der Waals surface area contributed by atoms with Crippen molar-refractivity contribution in [3.63, 3.8) is 0 Å². The van der Waals surface area contributed by atoms with E-state index >= 15 is 0 Å². The third-order valence-corrected chi connectivity index (χ3v) is 9.29. The molecule has 0 spiro atoms. The molecule has 192 valence electrons. The van der Waals surface area contributed by atoms with Crippen molar-refractivity contribution in [3.8, 4) is 11.6 Å². The molecule has 1 saturated heterocycles. The lowest BCUT2D eigenvalue weighted by atomic mass is 9.86. The zero-order valence-corrected chi connectivity index (χ0v) is 21.1. The third kappa shape index (κ3) is 3.81. The van der Waals surface area contributed by atoms with E-state index in [-0.39, 0.29) is 58.9 Å². The molecule has 2 fully saturated rings. The molecule has 2 N–H and O–H groups in total. The summed E-state index contributed by atoms with van der Waals surface area (Å²) in [4.78, 5) is 20.1. The Kier molecular flexibility index (Phi) is 5.24. The van der Waals surface area contributed by atoms with Gasteiger partial charge in [-0.15, -0.1) is 0 Å². The molecule has 8 nitrogen and oxygen atoms in total. The number of hydrogen-bond donors (Lipinski definition) is 2. The predicted octanol–water partition coefficient (Wildman–Crippen LogP) is 3.16. The summed E-state index contributed by atoms with van der Waals surface area (Å²) < 4.78 is 38.8. The van der Waals surface area contributed by atoms with Crippen LogP contribution in [0.25, 0.3) is 21.7 Å². The number of sulfone groups is 1. The van der Waals surface area contributed by atoms with E-state index < -0.39 is 15.3 Å². The maximum absolute atomic E-state index is 13.9. The number of phenolic OH excluding ortho intramolecular Hbond substituents is 1. The number of phenols is 1. The van der Waals surface area contributed by atoms with Gasteiger partial charge in [0.1, 0.15) is 11.3 Å². The first-order valence-corrected chi connectivity index (χ1v) is 14.0. The molecule has 10 heteroatoms. The molecule has 2 aromatic carbocycles. The van der Waals surface area contributed by atoms with E-state index in [1.54, 1.807) is 36.5 Å². The fourth-order valence-electron chi connectivity index (χ4n) is 5.55. The van der Waals surface area contributed by atoms with Gasteiger partial charge in [0.05, 0.1) is 22.3 Å². The van der Waals surface area contributed by atoms with Crippen molar-refractivity contribution in [1.82, 2.24) is 14.5 Å². The van der Waals surface area contributed by atoms with Crippen molar-refractivity contribution in [3.05, 3.63) is 65.2 Å². The molecule has 1 saturated carbocycles. The lowest BCUT2D eigenvalue weighted by molar-refractivity contribution is -0.133. The number of carbonyl (C=O) groups is 1. The molecule has 2 aliphatic rings. The molecular formula is C27H26FN3O5S. The zero-order valence-electron chi connectivity index (χ0n) is 20.2. The van der Waals surface area contributed by atoms with E-state index in [0.717, 1.165) is 11.1 Å². The van der Waals surface area contributed by atoms with Crippen molar-refractivity contribution in [2.24, 2.45) is 7.05 Å². The lowest BCUT2D eigenvalue weighted by Crippen LogP contribution is -2.47. The number of aryl methyl sites for hydroxylation is 1. The largest absolute Gasteiger partial charge is 0.505 e. The van der Waals surface area contributed by atoms with E-state index in [4.69, 9.17) is 0 Å². The van der Waals surface area contributed by atoms with Crippen LogP contribution in [0.4, 0.5) is 4.39 Å². The quantitative estimate of drug-likeness (QED) is 0.425. The molecule has 1 aliphatic carbocycles. The van der Waals surface area contributed by atoms with E-state index in [2.05, 4.69) is 4.98 Å². The minimum atomic E-state index is -3.15. The fourth-order valence-corrected chi connectivity index (χ4v) is 6.76. The first-order chi connectivity index (χ1) is 17.6. The smallest absolute Gasteiger partial charge is 0.233 e. The maximum atomic E-state index is 13.9. The van der Waals surface area contributed by atoms with Gasteiger partial charge in [-0.1, -0.05) is 12.1 Å². The van der Waals surface area contributed by atoms with Gasteiger partial charge in [-0.2, -0.15) is 0 Å². The number of carbonyl (C=O) groups excluding carboxylic acids is 1. The summed E-state index contributed by atoms with van der Waals surface area (Å²) in [6.45, 7) is 0.298. The topological polar surface area (TPSA) is 113 Å². The van der Waals surface area contributed by atoms with Crippen molar-refractivity contribution < 1.29 is 27.8 Å². The number of nitrogens with zero attached hydrogens (tertiary/aromatic N) is 3. The Morgan fingerprint density at radius 2 is 1.76 bits per heavy atom. The number of amides is 1. The van der Waals surface area contributed by atoms with E-state index in [9.17, 15) is 27.8 Å². The van der Waals surface area contributed by atoms with Gasteiger partial charge in [-0.3, -0.25) is 9.78 Å². The van der Waals surface area contributed by atoms with Crippen LogP contribution in [0.3, 0.4) is 0 Å². The van der Waals surface area contributed by atoms with Crippen LogP contribution in [0.1, 0.15) is 29.5 Å². The number of benzene rings is 2. The molecule has 2 aromatic heterocycles. The van der Waals surface area contributed by atoms with Gasteiger partial charge in [0.2, 0.25) is 11.8 Å². The number of rotatable bonds is 4. The predicted molar refractivity (Wildman–Crippen MR) is 137 cm³/mol. The summed E-state index contributed by atoms with van der Waals surface area (Å²) in [5.41, 5.74) is 1.80. The van der Waals surface area contributed by atoms with Gasteiger partial charge < -0.3 is 19.7 Å². The summed E-state index contributed by atoms with van der Waals surface area (Å²) in [6.07, 6.45) is 4.97. The Labute approximate surface area is 212 Å². The average Bonchev–Trinajstić information content (AvgIpc) is 3.60. The summed E-state index contributed by atoms with van der Waals surface area (Å²) in [6, 6.07) is 8.10. The Morgan fingerprint density at radius 3 is 2.41 bits per heavy atom. The highest BCUT2D eigenvalue weighted by molar-refractivity contribution is 7.91. The molecule has 3 heterocycles. The molecule has 6 rings (SSSR count). The minimum Gasteiger partial charge on any atom is -0.505 e. The molecule has 0 unspecified atom stereocenters. The van der Waals surface area contributed by atoms with Crippen LogP contribution in [-0.2, 0) is 33.5 Å². The van der Waals surface area contributed by atoms with Crippen molar-refractivity contribution >= 4 is 37.4 Å². The Hall–Kier alpha value is -3.66. The number of halogens is 1. The van der Waals surface area contributed by atoms with E-state index in [1.807, 2.05) is 6.07 Å². The minimum absolute atomic E-state index is 0.0595. The van der Waals surface area contributed by atoms with Crippen molar-refractivity contribution in [2.45, 2.75) is 24.7 Å². The number of hydrogen-bond acceptors (Lipinski definition) is 6. The second-order valence-electron chi connectivity index (χ2n) is 10.1. The van der Waals surface area contributed by atoms with Crippen LogP contribution in [0.15, 0.2) is 42.7 Å². The second kappa shape index (κ2) is 8.17. The lowest BCUT2D eigenvalue weighted by Gasteiger charge is -2.31. The molecule has 0 bridgehead atoms. The summed E-state index contributed by atoms with van der Waals surface area (Å²) in [5.74, 6) is -0.860. The average molecular weight is 524 g/mol. The molecule has 37 heavy (non-hydrogen) atoms. The van der Waals surface area contributed by atoms with Gasteiger partial charge >= 0.3 is 0 Å². The maximum Gasteiger partial charge on any atom is 0.233 e. The Bertz CT molecular complexity index is 1680. The fraction of sp³-hybridized carbons (Fsp3) is 0.333. The molecule has 1 aliphatic heterocycles. The summed E-state index contributed by atoms with van der Waals surface area (Å²) in [5, 5.41) is 23.3. The highest BCUT2D eigenvalue weighted by atomic mass is 32.2. The first kappa shape index (κ1) is 23.7. The van der Waals surface area contributed by atoms with E-state index in [0.29, 0.717) is 35.6 Å². The number of aromatic hydroxyl groups is 2. The number of fused-ring (bicyclic) bond motifs is 2. The molecule has 1 amide bonds. The molecule has 0 radical (unpaired) electrons. The SMILES string of the molecule is Cn1cc2c(C3(C(=O)N4CCS(=O)(=O)CC4)CC3)c3cc(Cc4ccc(F)cc4)cnc3c(O)c2c1O. The van der Waals surface area contributed by atoms with Crippen LogP contribution in [-0.4, -0.2) is 63.6 Å². The summed E-state index contributed by atoms with van der Waals surface area (Å²) >= 11 is 0. The second-order valence-corrected chi connectivity index (χ2v) is 12.4. The van der Waals surface area contributed by atoms with Crippen molar-refractivity contribution in [2.75, 3.05) is 24.6 Å². The van der Waals surface area contributed by atoms with E-state index in [1.165, 1.54) is 16.7 Å². The van der Waals surface area contributed by atoms with Crippen LogP contribution in [0.5, 0.6) is 11.6 Å². The monoisotopic (exact) mass is 523 g/mol. The highest BCUT2D eigenvalue weighted by Gasteiger charge is 2.55. The molecule has 0 atom stereocenters. The van der Waals surface area contributed by atoms with Gasteiger partial charge in [-0.25, -0.2) is 12.8 Å². The van der Waals surface area contributed by atoms with Gasteiger partial charge in [0.15, 0.2) is 15.6 Å². The van der Waals surface area contributed by atoms with Crippen LogP contribution < -0.4 is 0 Å². The van der Waals surface area contributed by atoms with Crippen LogP contribution in [0.2, 0.25) is 0 Å². The van der Waals surface area contributed by atoms with Gasteiger partial charge in [0.25, 0.3) is 0 Å². The standard InChI is InChI=1S/C27H26FN3O5S/c1-30-15-20-21(25(30)33)24(32)23-19(13-17(14-29-23)12-16-2-4-18(28)5-3-16)22(20)27(6-7-27)26(34)31-8-10-37(35,36)11-9-31/h2-5,13-15,32-33H,6-12H2,1H3. The molecule has 4 aromatic rings. The van der Waals surface area contributed by atoms with Gasteiger partial charge in [-0.05, 0) is 54.2 Å². The molecular weight excluding hydrogens is 497 g/mol. The van der Waals surface area contributed by atoms with Crippen LogP contribution in [0, 0.1) is 5.82 Å². The number of pyridine rings is 1. The zero-order chi connectivity index (χ0) is 26.1. The summed E-state index contributed by atoms with van der Waals surface area (Å²) in [7, 11) is -1.49. The third-order valence-electron chi connectivity index (χ3n) is 7.68. The normalized spacial score (nSPS) is 18.4.